The lowest BCUT2D eigenvalue weighted by Gasteiger charge is -2.35. The van der Waals surface area contributed by atoms with Crippen LogP contribution in [-0.4, -0.2) is 55.7 Å². The molecular formula is C20H32N2O5. The summed E-state index contributed by atoms with van der Waals surface area (Å²) >= 11 is 0. The van der Waals surface area contributed by atoms with E-state index in [0.29, 0.717) is 19.7 Å². The number of carbonyl (C=O) groups excluding carboxylic acids is 1. The summed E-state index contributed by atoms with van der Waals surface area (Å²) in [5.41, 5.74) is -0.239. The molecule has 1 aliphatic heterocycles. The van der Waals surface area contributed by atoms with Crippen molar-refractivity contribution in [2.75, 3.05) is 27.4 Å². The first-order valence-corrected chi connectivity index (χ1v) is 9.15. The number of carbonyl (C=O) groups is 1. The number of nitrogens with one attached hydrogen (secondary N) is 1. The molecule has 1 heterocycles. The minimum absolute atomic E-state index is 0.112. The second-order valence-corrected chi connectivity index (χ2v) is 8.07. The Morgan fingerprint density at radius 3 is 2.59 bits per heavy atom. The van der Waals surface area contributed by atoms with Crippen molar-refractivity contribution in [3.05, 3.63) is 23.8 Å². The summed E-state index contributed by atoms with van der Waals surface area (Å²) in [7, 11) is 3.26. The summed E-state index contributed by atoms with van der Waals surface area (Å²) in [5.74, 6) is 1.51. The third-order valence-electron chi connectivity index (χ3n) is 4.35. The van der Waals surface area contributed by atoms with E-state index in [0.717, 1.165) is 17.1 Å². The van der Waals surface area contributed by atoms with E-state index in [1.54, 1.807) is 19.1 Å². The van der Waals surface area contributed by atoms with E-state index in [9.17, 15) is 4.79 Å². The first kappa shape index (κ1) is 21.3. The zero-order chi connectivity index (χ0) is 20.2. The molecule has 2 rings (SSSR count). The number of hydrogen-bond donors (Lipinski definition) is 1. The van der Waals surface area contributed by atoms with Gasteiger partial charge >= 0.3 is 6.09 Å². The van der Waals surface area contributed by atoms with Crippen LogP contribution < -0.4 is 14.8 Å². The van der Waals surface area contributed by atoms with Gasteiger partial charge in [0.15, 0.2) is 0 Å². The maximum atomic E-state index is 12.7. The molecule has 1 unspecified atom stereocenters. The molecule has 0 aromatic heterocycles. The van der Waals surface area contributed by atoms with Gasteiger partial charge in [-0.25, -0.2) is 4.79 Å². The molecule has 7 nitrogen and oxygen atoms in total. The van der Waals surface area contributed by atoms with Crippen molar-refractivity contribution in [3.63, 3.8) is 0 Å². The van der Waals surface area contributed by atoms with Crippen molar-refractivity contribution in [2.45, 2.75) is 58.5 Å². The van der Waals surface area contributed by atoms with Crippen LogP contribution >= 0.6 is 0 Å². The van der Waals surface area contributed by atoms with Crippen LogP contribution in [0.1, 0.15) is 40.2 Å². The Labute approximate surface area is 161 Å². The van der Waals surface area contributed by atoms with Crippen molar-refractivity contribution < 1.29 is 23.7 Å². The normalized spacial score (nSPS) is 19.1. The van der Waals surface area contributed by atoms with Crippen molar-refractivity contribution in [1.29, 1.82) is 0 Å². The van der Waals surface area contributed by atoms with Gasteiger partial charge in [-0.15, -0.1) is 0 Å². The van der Waals surface area contributed by atoms with Crippen LogP contribution in [0.25, 0.3) is 0 Å². The number of ether oxygens (including phenoxy) is 4. The van der Waals surface area contributed by atoms with Crippen molar-refractivity contribution >= 4 is 6.09 Å². The standard InChI is InChI=1S/C20H32N2O5/c1-19(2,3)27-18(23)22-15(13-26-20(22,4)5)12-21-11-14-8-9-16(24-6)10-17(14)25-7/h8-10,15,21H,11-13H2,1-7H3. The highest BCUT2D eigenvalue weighted by molar-refractivity contribution is 5.69. The lowest BCUT2D eigenvalue weighted by molar-refractivity contribution is -0.0623. The first-order chi connectivity index (χ1) is 12.6. The Bertz CT molecular complexity index is 654. The molecule has 1 amide bonds. The molecule has 1 N–H and O–H groups in total. The highest BCUT2D eigenvalue weighted by Gasteiger charge is 2.45. The van der Waals surface area contributed by atoms with E-state index in [4.69, 9.17) is 18.9 Å². The zero-order valence-corrected chi connectivity index (χ0v) is 17.4. The van der Waals surface area contributed by atoms with E-state index < -0.39 is 11.3 Å². The summed E-state index contributed by atoms with van der Waals surface area (Å²) in [5, 5.41) is 3.39. The molecule has 1 aromatic rings. The van der Waals surface area contributed by atoms with Crippen LogP contribution in [0.3, 0.4) is 0 Å². The summed E-state index contributed by atoms with van der Waals surface area (Å²) in [6.07, 6.45) is -0.362. The molecule has 1 fully saturated rings. The molecule has 152 valence electrons. The van der Waals surface area contributed by atoms with E-state index in [1.165, 1.54) is 0 Å². The van der Waals surface area contributed by atoms with E-state index >= 15 is 0 Å². The summed E-state index contributed by atoms with van der Waals surface area (Å²) < 4.78 is 22.0. The fraction of sp³-hybridized carbons (Fsp3) is 0.650. The van der Waals surface area contributed by atoms with Crippen LogP contribution in [0.2, 0.25) is 0 Å². The van der Waals surface area contributed by atoms with Gasteiger partial charge in [0.05, 0.1) is 26.9 Å². The Kier molecular flexibility index (Phi) is 6.59. The molecule has 0 spiro atoms. The van der Waals surface area contributed by atoms with Crippen LogP contribution in [0.5, 0.6) is 11.5 Å². The lowest BCUT2D eigenvalue weighted by Crippen LogP contribution is -2.52. The van der Waals surface area contributed by atoms with Crippen LogP contribution in [0.15, 0.2) is 18.2 Å². The second-order valence-electron chi connectivity index (χ2n) is 8.07. The summed E-state index contributed by atoms with van der Waals surface area (Å²) in [4.78, 5) is 14.3. The van der Waals surface area contributed by atoms with Gasteiger partial charge in [-0.05, 0) is 40.7 Å². The first-order valence-electron chi connectivity index (χ1n) is 9.15. The van der Waals surface area contributed by atoms with Gasteiger partial charge in [0, 0.05) is 24.7 Å². The average Bonchev–Trinajstić information content (AvgIpc) is 2.88. The smallest absolute Gasteiger partial charge is 0.412 e. The molecule has 1 aliphatic rings. The molecular weight excluding hydrogens is 348 g/mol. The van der Waals surface area contributed by atoms with Gasteiger partial charge in [-0.2, -0.15) is 0 Å². The quantitative estimate of drug-likeness (QED) is 0.818. The third-order valence-corrected chi connectivity index (χ3v) is 4.35. The predicted octanol–water partition coefficient (Wildman–Crippen LogP) is 3.17. The molecule has 27 heavy (non-hydrogen) atoms. The van der Waals surface area contributed by atoms with Gasteiger partial charge < -0.3 is 24.3 Å². The topological polar surface area (TPSA) is 69.3 Å². The molecule has 1 aromatic carbocycles. The number of benzene rings is 1. The molecule has 7 heteroatoms. The van der Waals surface area contributed by atoms with Crippen LogP contribution in [0, 0.1) is 0 Å². The average molecular weight is 380 g/mol. The van der Waals surface area contributed by atoms with E-state index in [1.807, 2.05) is 52.8 Å². The van der Waals surface area contributed by atoms with Gasteiger partial charge in [0.2, 0.25) is 0 Å². The fourth-order valence-electron chi connectivity index (χ4n) is 3.09. The number of amides is 1. The highest BCUT2D eigenvalue weighted by Crippen LogP contribution is 2.29. The van der Waals surface area contributed by atoms with Crippen molar-refractivity contribution in [3.8, 4) is 11.5 Å². The van der Waals surface area contributed by atoms with Gasteiger partial charge in [-0.1, -0.05) is 6.07 Å². The zero-order valence-electron chi connectivity index (χ0n) is 17.4. The van der Waals surface area contributed by atoms with Gasteiger partial charge in [-0.3, -0.25) is 4.90 Å². The van der Waals surface area contributed by atoms with E-state index in [-0.39, 0.29) is 12.1 Å². The SMILES string of the molecule is COc1ccc(CNCC2COC(C)(C)N2C(=O)OC(C)(C)C)c(OC)c1. The van der Waals surface area contributed by atoms with Gasteiger partial charge in [0.25, 0.3) is 0 Å². The number of rotatable bonds is 6. The summed E-state index contributed by atoms with van der Waals surface area (Å²) in [6.45, 7) is 11.0. The molecule has 0 bridgehead atoms. The Hall–Kier alpha value is -1.99. The molecule has 0 aliphatic carbocycles. The van der Waals surface area contributed by atoms with Crippen LogP contribution in [-0.2, 0) is 16.0 Å². The molecule has 1 saturated heterocycles. The maximum Gasteiger partial charge on any atom is 0.412 e. The Morgan fingerprint density at radius 1 is 1.30 bits per heavy atom. The van der Waals surface area contributed by atoms with E-state index in [2.05, 4.69) is 5.32 Å². The Balaban J connectivity index is 2.01. The largest absolute Gasteiger partial charge is 0.497 e. The lowest BCUT2D eigenvalue weighted by atomic mass is 10.1. The van der Waals surface area contributed by atoms with Crippen molar-refractivity contribution in [2.24, 2.45) is 0 Å². The Morgan fingerprint density at radius 2 is 2.00 bits per heavy atom. The second kappa shape index (κ2) is 8.35. The number of hydrogen-bond acceptors (Lipinski definition) is 6. The minimum Gasteiger partial charge on any atom is -0.497 e. The predicted molar refractivity (Wildman–Crippen MR) is 103 cm³/mol. The van der Waals surface area contributed by atoms with Crippen LogP contribution in [0.4, 0.5) is 4.79 Å². The fourth-order valence-corrected chi connectivity index (χ4v) is 3.09. The molecule has 1 atom stereocenters. The summed E-state index contributed by atoms with van der Waals surface area (Å²) in [6, 6.07) is 5.60. The monoisotopic (exact) mass is 380 g/mol. The molecule has 0 radical (unpaired) electrons. The van der Waals surface area contributed by atoms with Crippen molar-refractivity contribution in [1.82, 2.24) is 10.2 Å². The number of nitrogens with zero attached hydrogens (tertiary/aromatic N) is 1. The minimum atomic E-state index is -0.702. The third kappa shape index (κ3) is 5.49. The maximum absolute atomic E-state index is 12.7. The van der Waals surface area contributed by atoms with Gasteiger partial charge in [0.1, 0.15) is 22.8 Å². The molecule has 0 saturated carbocycles. The highest BCUT2D eigenvalue weighted by atomic mass is 16.6. The number of methoxy groups -OCH3 is 2.